The highest BCUT2D eigenvalue weighted by atomic mass is 16.6. The summed E-state index contributed by atoms with van der Waals surface area (Å²) in [7, 11) is 0. The van der Waals surface area contributed by atoms with Crippen molar-refractivity contribution in [2.75, 3.05) is 6.61 Å². The summed E-state index contributed by atoms with van der Waals surface area (Å²) >= 11 is 0. The number of nitrogens with zero attached hydrogens (tertiary/aromatic N) is 4. The van der Waals surface area contributed by atoms with Gasteiger partial charge in [-0.2, -0.15) is 0 Å². The van der Waals surface area contributed by atoms with Crippen LogP contribution < -0.4 is 0 Å². The number of carbonyl (C=O) groups is 3. The fourth-order valence-corrected chi connectivity index (χ4v) is 4.61. The molecule has 0 unspecified atom stereocenters. The van der Waals surface area contributed by atoms with E-state index in [1.54, 1.807) is 0 Å². The summed E-state index contributed by atoms with van der Waals surface area (Å²) < 4.78 is 10.8. The van der Waals surface area contributed by atoms with Crippen molar-refractivity contribution in [3.63, 3.8) is 0 Å². The van der Waals surface area contributed by atoms with E-state index in [1.165, 1.54) is 4.90 Å². The van der Waals surface area contributed by atoms with E-state index in [4.69, 9.17) is 15.0 Å². The van der Waals surface area contributed by atoms with Crippen molar-refractivity contribution in [3.05, 3.63) is 46.3 Å². The largest absolute Gasteiger partial charge is 0.462 e. The zero-order valence-electron chi connectivity index (χ0n) is 19.6. The van der Waals surface area contributed by atoms with Crippen molar-refractivity contribution >= 4 is 18.0 Å². The maximum atomic E-state index is 13.6. The lowest BCUT2D eigenvalue weighted by Gasteiger charge is -2.30. The molecule has 2 amide bonds. The fraction of sp³-hybridized carbons (Fsp3) is 0.625. The Morgan fingerprint density at radius 1 is 1.21 bits per heavy atom. The second kappa shape index (κ2) is 10.7. The van der Waals surface area contributed by atoms with Gasteiger partial charge in [-0.3, -0.25) is 9.59 Å². The first kappa shape index (κ1) is 24.6. The van der Waals surface area contributed by atoms with E-state index < -0.39 is 30.2 Å². The van der Waals surface area contributed by atoms with Gasteiger partial charge in [0.2, 0.25) is 5.91 Å². The van der Waals surface area contributed by atoms with Gasteiger partial charge in [-0.15, -0.1) is 0 Å². The average molecular weight is 457 g/mol. The number of esters is 1. The van der Waals surface area contributed by atoms with Crippen LogP contribution in [0.25, 0.3) is 10.4 Å². The molecule has 0 saturated carbocycles. The van der Waals surface area contributed by atoms with Crippen LogP contribution in [0.3, 0.4) is 0 Å². The van der Waals surface area contributed by atoms with Gasteiger partial charge in [-0.25, -0.2) is 9.69 Å². The van der Waals surface area contributed by atoms with Crippen LogP contribution in [0.1, 0.15) is 46.1 Å². The van der Waals surface area contributed by atoms with Crippen LogP contribution >= 0.6 is 0 Å². The Bertz CT molecular complexity index is 913. The zero-order chi connectivity index (χ0) is 24.1. The number of carbonyl (C=O) groups excluding carboxylic acids is 3. The smallest absolute Gasteiger partial charge is 0.416 e. The second-order valence-corrected chi connectivity index (χ2v) is 9.55. The molecule has 2 saturated heterocycles. The summed E-state index contributed by atoms with van der Waals surface area (Å²) in [6.45, 7) is 7.81. The van der Waals surface area contributed by atoms with E-state index in [0.717, 1.165) is 5.56 Å². The molecule has 1 aromatic rings. The minimum absolute atomic E-state index is 0.106. The van der Waals surface area contributed by atoms with Crippen molar-refractivity contribution in [3.8, 4) is 0 Å². The number of rotatable bonds is 9. The molecule has 33 heavy (non-hydrogen) atoms. The molecule has 2 aliphatic rings. The molecular formula is C24H32N4O5. The first-order valence-corrected chi connectivity index (χ1v) is 11.5. The quantitative estimate of drug-likeness (QED) is 0.234. The van der Waals surface area contributed by atoms with Crippen LogP contribution in [0.4, 0.5) is 4.79 Å². The zero-order valence-corrected chi connectivity index (χ0v) is 19.6. The van der Waals surface area contributed by atoms with Crippen molar-refractivity contribution in [2.24, 2.45) is 28.8 Å². The maximum Gasteiger partial charge on any atom is 0.416 e. The van der Waals surface area contributed by atoms with Gasteiger partial charge in [-0.05, 0) is 42.2 Å². The molecule has 0 bridgehead atoms. The van der Waals surface area contributed by atoms with E-state index in [0.29, 0.717) is 12.8 Å². The molecule has 3 rings (SSSR count). The predicted molar refractivity (Wildman–Crippen MR) is 121 cm³/mol. The van der Waals surface area contributed by atoms with Crippen molar-refractivity contribution in [2.45, 2.75) is 65.1 Å². The lowest BCUT2D eigenvalue weighted by atomic mass is 9.84. The maximum absolute atomic E-state index is 13.6. The SMILES string of the molecule is CC(C)[C@@H]1C[C@@H]([C@H](C[C@H](C(=O)N2C(=O)OC[C@@H]2Cc2ccccc2)C(C)C)N=[N+]=[N-])OC1=O. The first-order valence-electron chi connectivity index (χ1n) is 11.5. The molecule has 2 heterocycles. The Kier molecular flexibility index (Phi) is 7.97. The molecular weight excluding hydrogens is 424 g/mol. The Labute approximate surface area is 194 Å². The summed E-state index contributed by atoms with van der Waals surface area (Å²) in [5.41, 5.74) is 10.1. The lowest BCUT2D eigenvalue weighted by molar-refractivity contribution is -0.146. The van der Waals surface area contributed by atoms with Gasteiger partial charge in [0.1, 0.15) is 12.7 Å². The molecule has 2 aliphatic heterocycles. The van der Waals surface area contributed by atoms with Crippen LogP contribution in [0.15, 0.2) is 35.4 Å². The number of cyclic esters (lactones) is 2. The van der Waals surface area contributed by atoms with E-state index in [1.807, 2.05) is 58.0 Å². The second-order valence-electron chi connectivity index (χ2n) is 9.55. The van der Waals surface area contributed by atoms with Crippen LogP contribution in [0.5, 0.6) is 0 Å². The number of benzene rings is 1. The highest BCUT2D eigenvalue weighted by Crippen LogP contribution is 2.34. The predicted octanol–water partition coefficient (Wildman–Crippen LogP) is 4.51. The van der Waals surface area contributed by atoms with Crippen LogP contribution in [-0.4, -0.2) is 47.7 Å². The molecule has 9 heteroatoms. The molecule has 0 aliphatic carbocycles. The molecule has 5 atom stereocenters. The Hall–Kier alpha value is -3.06. The standard InChI is InChI=1S/C24H32N4O5/c1-14(2)18(11-20(26-27-25)21-12-19(15(3)4)23(30)33-21)22(29)28-17(13-32-24(28)31)10-16-8-6-5-7-9-16/h5-9,14-15,17-21H,10-13H2,1-4H3/t17-,18-,19-,20-,21-/m0/s1. The Balaban J connectivity index is 1.78. The van der Waals surface area contributed by atoms with Gasteiger partial charge >= 0.3 is 12.1 Å². The Morgan fingerprint density at radius 3 is 2.48 bits per heavy atom. The van der Waals surface area contributed by atoms with Gasteiger partial charge < -0.3 is 9.47 Å². The van der Waals surface area contributed by atoms with Gasteiger partial charge in [0.15, 0.2) is 0 Å². The van der Waals surface area contributed by atoms with Gasteiger partial charge in [0.05, 0.1) is 18.0 Å². The van der Waals surface area contributed by atoms with E-state index in [2.05, 4.69) is 10.0 Å². The van der Waals surface area contributed by atoms with E-state index in [-0.39, 0.29) is 42.7 Å². The topological polar surface area (TPSA) is 122 Å². The summed E-state index contributed by atoms with van der Waals surface area (Å²) in [4.78, 5) is 42.5. The summed E-state index contributed by atoms with van der Waals surface area (Å²) in [6.07, 6.45) is -0.106. The lowest BCUT2D eigenvalue weighted by Crippen LogP contribution is -2.46. The third-order valence-corrected chi connectivity index (χ3v) is 6.62. The van der Waals surface area contributed by atoms with Crippen molar-refractivity contribution < 1.29 is 23.9 Å². The molecule has 0 aromatic heterocycles. The number of ether oxygens (including phenoxy) is 2. The summed E-state index contributed by atoms with van der Waals surface area (Å²) in [5, 5.41) is 3.89. The molecule has 2 fully saturated rings. The minimum atomic E-state index is -0.690. The molecule has 0 radical (unpaired) electrons. The first-order chi connectivity index (χ1) is 15.7. The van der Waals surface area contributed by atoms with Gasteiger partial charge in [0, 0.05) is 10.8 Å². The van der Waals surface area contributed by atoms with Crippen LogP contribution in [0, 0.1) is 23.7 Å². The highest BCUT2D eigenvalue weighted by Gasteiger charge is 2.45. The van der Waals surface area contributed by atoms with E-state index in [9.17, 15) is 14.4 Å². The highest BCUT2D eigenvalue weighted by molar-refractivity contribution is 5.95. The van der Waals surface area contributed by atoms with Gasteiger partial charge in [0.25, 0.3) is 0 Å². The monoisotopic (exact) mass is 456 g/mol. The molecule has 9 nitrogen and oxygen atoms in total. The third kappa shape index (κ3) is 5.66. The minimum Gasteiger partial charge on any atom is -0.462 e. The Morgan fingerprint density at radius 2 is 1.91 bits per heavy atom. The van der Waals surface area contributed by atoms with Crippen LogP contribution in [0.2, 0.25) is 0 Å². The number of imide groups is 1. The molecule has 0 spiro atoms. The van der Waals surface area contributed by atoms with Gasteiger partial charge in [-0.1, -0.05) is 63.1 Å². The third-order valence-electron chi connectivity index (χ3n) is 6.62. The van der Waals surface area contributed by atoms with E-state index >= 15 is 0 Å². The summed E-state index contributed by atoms with van der Waals surface area (Å²) in [5.74, 6) is -1.53. The number of amides is 2. The van der Waals surface area contributed by atoms with Crippen LogP contribution in [-0.2, 0) is 25.5 Å². The number of hydrogen-bond donors (Lipinski definition) is 0. The van der Waals surface area contributed by atoms with Crippen molar-refractivity contribution in [1.29, 1.82) is 0 Å². The average Bonchev–Trinajstić information content (AvgIpc) is 3.33. The summed E-state index contributed by atoms with van der Waals surface area (Å²) in [6, 6.07) is 8.53. The normalized spacial score (nSPS) is 24.4. The fourth-order valence-electron chi connectivity index (χ4n) is 4.61. The number of hydrogen-bond acceptors (Lipinski definition) is 6. The number of azide groups is 1. The molecule has 0 N–H and O–H groups in total. The van der Waals surface area contributed by atoms with Crippen molar-refractivity contribution in [1.82, 2.24) is 4.90 Å². The molecule has 178 valence electrons. The molecule has 1 aromatic carbocycles.